The maximum absolute atomic E-state index is 13.2. The quantitative estimate of drug-likeness (QED) is 0.648. The Labute approximate surface area is 193 Å². The highest BCUT2D eigenvalue weighted by atomic mass is 32.1. The van der Waals surface area contributed by atoms with Gasteiger partial charge in [-0.25, -0.2) is 0 Å². The molecule has 6 nitrogen and oxygen atoms in total. The summed E-state index contributed by atoms with van der Waals surface area (Å²) in [4.78, 5) is 45.0. The van der Waals surface area contributed by atoms with Crippen molar-refractivity contribution in [1.82, 2.24) is 14.7 Å². The van der Waals surface area contributed by atoms with E-state index in [-0.39, 0.29) is 23.8 Å². The van der Waals surface area contributed by atoms with Crippen molar-refractivity contribution in [1.29, 1.82) is 0 Å². The second kappa shape index (κ2) is 10.8. The van der Waals surface area contributed by atoms with Crippen LogP contribution in [0.25, 0.3) is 0 Å². The average Bonchev–Trinajstić information content (AvgIpc) is 3.51. The van der Waals surface area contributed by atoms with Gasteiger partial charge in [-0.2, -0.15) is 0 Å². The lowest BCUT2D eigenvalue weighted by Crippen LogP contribution is -2.55. The molecule has 1 atom stereocenters. The fourth-order valence-corrected chi connectivity index (χ4v) is 5.32. The van der Waals surface area contributed by atoms with Gasteiger partial charge in [0.1, 0.15) is 6.04 Å². The second-order valence-electron chi connectivity index (χ2n) is 8.55. The molecule has 4 rings (SSSR count). The first-order valence-electron chi connectivity index (χ1n) is 11.5. The molecule has 2 aromatic rings. The largest absolute Gasteiger partial charge is 0.339 e. The standard InChI is InChI=1S/C25H31N3O3S/c29-23(12-4-9-20-7-2-1-3-8-20)26-14-16-27(17-15-26)25(31)22-11-5-13-28(22)24(30)19-21-10-6-18-32-21/h1-3,6-8,10,18,22H,4-5,9,11-17,19H2. The first kappa shape index (κ1) is 22.5. The highest BCUT2D eigenvalue weighted by Crippen LogP contribution is 2.22. The summed E-state index contributed by atoms with van der Waals surface area (Å²) in [5.41, 5.74) is 1.26. The van der Waals surface area contributed by atoms with Crippen LogP contribution in [0.2, 0.25) is 0 Å². The minimum atomic E-state index is -0.351. The summed E-state index contributed by atoms with van der Waals surface area (Å²) >= 11 is 1.57. The SMILES string of the molecule is O=C(CCCc1ccccc1)N1CCN(C(=O)C2CCCN2C(=O)Cc2cccs2)CC1. The fraction of sp³-hybridized carbons (Fsp3) is 0.480. The Morgan fingerprint density at radius 3 is 2.34 bits per heavy atom. The van der Waals surface area contributed by atoms with Crippen molar-refractivity contribution in [3.8, 4) is 0 Å². The van der Waals surface area contributed by atoms with Crippen molar-refractivity contribution in [2.75, 3.05) is 32.7 Å². The predicted octanol–water partition coefficient (Wildman–Crippen LogP) is 2.98. The van der Waals surface area contributed by atoms with Crippen LogP contribution >= 0.6 is 11.3 Å². The molecule has 1 unspecified atom stereocenters. The third-order valence-electron chi connectivity index (χ3n) is 6.41. The molecule has 170 valence electrons. The van der Waals surface area contributed by atoms with Crippen LogP contribution in [0.3, 0.4) is 0 Å². The maximum atomic E-state index is 13.2. The van der Waals surface area contributed by atoms with Gasteiger partial charge in [0, 0.05) is 44.0 Å². The third kappa shape index (κ3) is 5.57. The molecule has 1 aromatic carbocycles. The lowest BCUT2D eigenvalue weighted by Gasteiger charge is -2.37. The van der Waals surface area contributed by atoms with Crippen molar-refractivity contribution in [2.24, 2.45) is 0 Å². The Balaban J connectivity index is 1.23. The summed E-state index contributed by atoms with van der Waals surface area (Å²) < 4.78 is 0. The highest BCUT2D eigenvalue weighted by Gasteiger charge is 2.37. The van der Waals surface area contributed by atoms with Gasteiger partial charge < -0.3 is 14.7 Å². The number of likely N-dealkylation sites (tertiary alicyclic amines) is 1. The molecular formula is C25H31N3O3S. The van der Waals surface area contributed by atoms with Gasteiger partial charge in [0.25, 0.3) is 0 Å². The molecule has 2 aliphatic heterocycles. The lowest BCUT2D eigenvalue weighted by atomic mass is 10.1. The Morgan fingerprint density at radius 1 is 0.875 bits per heavy atom. The smallest absolute Gasteiger partial charge is 0.245 e. The number of nitrogens with zero attached hydrogens (tertiary/aromatic N) is 3. The molecule has 0 aliphatic carbocycles. The first-order chi connectivity index (χ1) is 15.6. The molecule has 0 radical (unpaired) electrons. The number of rotatable bonds is 7. The van der Waals surface area contributed by atoms with E-state index in [0.717, 1.165) is 30.6 Å². The molecule has 32 heavy (non-hydrogen) atoms. The molecule has 0 saturated carbocycles. The summed E-state index contributed by atoms with van der Waals surface area (Å²) in [5.74, 6) is 0.246. The Hall–Kier alpha value is -2.67. The van der Waals surface area contributed by atoms with Gasteiger partial charge in [0.15, 0.2) is 0 Å². The van der Waals surface area contributed by atoms with E-state index in [9.17, 15) is 14.4 Å². The van der Waals surface area contributed by atoms with Crippen molar-refractivity contribution in [3.63, 3.8) is 0 Å². The molecule has 7 heteroatoms. The fourth-order valence-electron chi connectivity index (χ4n) is 4.62. The number of piperazine rings is 1. The lowest BCUT2D eigenvalue weighted by molar-refractivity contribution is -0.146. The van der Waals surface area contributed by atoms with Crippen LogP contribution in [0.5, 0.6) is 0 Å². The zero-order valence-electron chi connectivity index (χ0n) is 18.4. The monoisotopic (exact) mass is 453 g/mol. The molecule has 0 bridgehead atoms. The minimum Gasteiger partial charge on any atom is -0.339 e. The molecule has 2 aliphatic rings. The molecular weight excluding hydrogens is 422 g/mol. The van der Waals surface area contributed by atoms with Crippen molar-refractivity contribution < 1.29 is 14.4 Å². The second-order valence-corrected chi connectivity index (χ2v) is 9.58. The minimum absolute atomic E-state index is 0.0375. The van der Waals surface area contributed by atoms with Crippen LogP contribution in [0.1, 0.15) is 36.1 Å². The van der Waals surface area contributed by atoms with Gasteiger partial charge in [-0.15, -0.1) is 11.3 Å². The summed E-state index contributed by atoms with van der Waals surface area (Å²) in [6, 6.07) is 13.8. The Morgan fingerprint density at radius 2 is 1.62 bits per heavy atom. The zero-order valence-corrected chi connectivity index (χ0v) is 19.3. The molecule has 2 saturated heterocycles. The summed E-state index contributed by atoms with van der Waals surface area (Å²) in [6.07, 6.45) is 4.25. The topological polar surface area (TPSA) is 60.9 Å². The van der Waals surface area contributed by atoms with Gasteiger partial charge in [-0.3, -0.25) is 14.4 Å². The van der Waals surface area contributed by atoms with Crippen molar-refractivity contribution in [3.05, 3.63) is 58.3 Å². The first-order valence-corrected chi connectivity index (χ1v) is 12.4. The summed E-state index contributed by atoms with van der Waals surface area (Å²) in [5, 5.41) is 1.97. The number of benzene rings is 1. The Kier molecular flexibility index (Phi) is 7.58. The number of thiophene rings is 1. The number of amides is 3. The number of aryl methyl sites for hydroxylation is 1. The zero-order chi connectivity index (χ0) is 22.3. The van der Waals surface area contributed by atoms with Gasteiger partial charge in [-0.05, 0) is 42.7 Å². The van der Waals surface area contributed by atoms with E-state index >= 15 is 0 Å². The normalized spacial score (nSPS) is 18.8. The Bertz CT molecular complexity index is 908. The van der Waals surface area contributed by atoms with Gasteiger partial charge >= 0.3 is 0 Å². The number of carbonyl (C=O) groups excluding carboxylic acids is 3. The van der Waals surface area contributed by atoms with Crippen LogP contribution in [0, 0.1) is 0 Å². The molecule has 3 amide bonds. The van der Waals surface area contributed by atoms with Crippen LogP contribution in [0.4, 0.5) is 0 Å². The van der Waals surface area contributed by atoms with E-state index in [1.54, 1.807) is 16.2 Å². The predicted molar refractivity (Wildman–Crippen MR) is 125 cm³/mol. The van der Waals surface area contributed by atoms with E-state index in [0.29, 0.717) is 45.6 Å². The van der Waals surface area contributed by atoms with Crippen LogP contribution in [-0.2, 0) is 27.2 Å². The summed E-state index contributed by atoms with van der Waals surface area (Å²) in [7, 11) is 0. The number of hydrogen-bond donors (Lipinski definition) is 0. The van der Waals surface area contributed by atoms with E-state index in [4.69, 9.17) is 0 Å². The molecule has 0 N–H and O–H groups in total. The van der Waals surface area contributed by atoms with Crippen LogP contribution in [0.15, 0.2) is 47.8 Å². The van der Waals surface area contributed by atoms with E-state index in [2.05, 4.69) is 12.1 Å². The van der Waals surface area contributed by atoms with E-state index < -0.39 is 0 Å². The molecule has 1 aromatic heterocycles. The third-order valence-corrected chi connectivity index (χ3v) is 7.28. The van der Waals surface area contributed by atoms with Gasteiger partial charge in [0.2, 0.25) is 17.7 Å². The highest BCUT2D eigenvalue weighted by molar-refractivity contribution is 7.10. The van der Waals surface area contributed by atoms with Crippen LogP contribution < -0.4 is 0 Å². The van der Waals surface area contributed by atoms with E-state index in [1.807, 2.05) is 45.5 Å². The maximum Gasteiger partial charge on any atom is 0.245 e. The molecule has 3 heterocycles. The van der Waals surface area contributed by atoms with E-state index in [1.165, 1.54) is 5.56 Å². The van der Waals surface area contributed by atoms with Gasteiger partial charge in [0.05, 0.1) is 6.42 Å². The summed E-state index contributed by atoms with van der Waals surface area (Å²) in [6.45, 7) is 2.90. The number of carbonyl (C=O) groups is 3. The van der Waals surface area contributed by atoms with Crippen molar-refractivity contribution in [2.45, 2.75) is 44.6 Å². The molecule has 0 spiro atoms. The van der Waals surface area contributed by atoms with Crippen molar-refractivity contribution >= 4 is 29.1 Å². The van der Waals surface area contributed by atoms with Gasteiger partial charge in [-0.1, -0.05) is 36.4 Å². The number of hydrogen-bond acceptors (Lipinski definition) is 4. The average molecular weight is 454 g/mol. The molecule has 2 fully saturated rings. The van der Waals surface area contributed by atoms with Crippen LogP contribution in [-0.4, -0.2) is 71.2 Å².